The molecular weight excluding hydrogens is 957 g/mol. The summed E-state index contributed by atoms with van der Waals surface area (Å²) in [5, 5.41) is 30.3. The number of benzene rings is 6. The third kappa shape index (κ3) is 12.1. The molecule has 0 amide bonds. The topological polar surface area (TPSA) is 105 Å². The van der Waals surface area contributed by atoms with Gasteiger partial charge in [-0.1, -0.05) is 189 Å². The van der Waals surface area contributed by atoms with Gasteiger partial charge in [-0.15, -0.1) is 0 Å². The van der Waals surface area contributed by atoms with Gasteiger partial charge < -0.3 is 39.0 Å². The molecule has 0 bridgehead atoms. The second-order valence-corrected chi connectivity index (χ2v) is 45.3. The summed E-state index contributed by atoms with van der Waals surface area (Å²) in [5.74, 6) is 0. The van der Waals surface area contributed by atoms with Crippen LogP contribution in [0.5, 0.6) is 0 Å². The molecule has 0 atom stereocenters. The number of hydrogen-bond acceptors (Lipinski definition) is 9. The van der Waals surface area contributed by atoms with Gasteiger partial charge in [0.05, 0.1) is 0 Å². The van der Waals surface area contributed by atoms with Crippen LogP contribution in [0.3, 0.4) is 0 Å². The van der Waals surface area contributed by atoms with Gasteiger partial charge >= 0.3 is 59.7 Å². The van der Waals surface area contributed by atoms with Crippen LogP contribution in [-0.4, -0.2) is 84.3 Å². The van der Waals surface area contributed by atoms with Crippen LogP contribution in [-0.2, 0) is 28.8 Å². The highest BCUT2D eigenvalue weighted by atomic mass is 28.5. The summed E-state index contributed by atoms with van der Waals surface area (Å²) >= 11 is 0. The molecule has 0 spiro atoms. The Bertz CT molecular complexity index is 2300. The van der Waals surface area contributed by atoms with E-state index in [-0.39, 0.29) is 6.42 Å². The molecule has 0 aliphatic heterocycles. The standard InChI is InChI=1S/C49H67O9Si8/c1-12-49(50,51)64(43-31-19-13-20-32-43,44-33-21-14-22-34-44)57-66(47-39-27-17-28-40-47,48-41-29-18-30-42-48)58-65(45-35-23-15-24-36-45,46-37-25-16-26-38-46)56-63(10,11)55-62(8,9)54-61(6,7)53-60(4,5)52-59(2)3/h13-42,50-51H,12H2,1-11H3. The molecule has 6 aromatic rings. The van der Waals surface area contributed by atoms with Crippen molar-refractivity contribution < 1.29 is 39.0 Å². The fourth-order valence-corrected chi connectivity index (χ4v) is 48.2. The summed E-state index contributed by atoms with van der Waals surface area (Å²) in [5.41, 5.74) is -2.33. The summed E-state index contributed by atoms with van der Waals surface area (Å²) in [7, 11) is -25.3. The van der Waals surface area contributed by atoms with Gasteiger partial charge in [0.2, 0.25) is 0 Å². The van der Waals surface area contributed by atoms with Crippen LogP contribution in [0.15, 0.2) is 182 Å². The molecule has 349 valence electrons. The first-order chi connectivity index (χ1) is 31.1. The Labute approximate surface area is 402 Å². The monoisotopic (exact) mass is 1020 g/mol. The van der Waals surface area contributed by atoms with Gasteiger partial charge in [-0.3, -0.25) is 0 Å². The summed E-state index contributed by atoms with van der Waals surface area (Å²) in [4.78, 5) is 0. The second kappa shape index (κ2) is 21.1. The first kappa shape index (κ1) is 52.1. The molecule has 17 heteroatoms. The molecule has 2 N–H and O–H groups in total. The van der Waals surface area contributed by atoms with E-state index in [0.29, 0.717) is 10.4 Å². The lowest BCUT2D eigenvalue weighted by atomic mass is 10.4. The molecule has 0 fully saturated rings. The van der Waals surface area contributed by atoms with Crippen molar-refractivity contribution in [3.63, 3.8) is 0 Å². The van der Waals surface area contributed by atoms with Crippen molar-refractivity contribution in [2.75, 3.05) is 0 Å². The van der Waals surface area contributed by atoms with Crippen LogP contribution < -0.4 is 31.1 Å². The lowest BCUT2D eigenvalue weighted by Gasteiger charge is -2.51. The highest BCUT2D eigenvalue weighted by Gasteiger charge is 2.65. The summed E-state index contributed by atoms with van der Waals surface area (Å²) < 4.78 is 52.1. The minimum Gasteiger partial charge on any atom is -0.437 e. The van der Waals surface area contributed by atoms with Crippen molar-refractivity contribution in [1.82, 2.24) is 0 Å². The Hall–Kier alpha value is -3.30. The molecule has 0 saturated heterocycles. The molecule has 0 heterocycles. The van der Waals surface area contributed by atoms with Crippen LogP contribution >= 0.6 is 0 Å². The van der Waals surface area contributed by atoms with Gasteiger partial charge in [-0.2, -0.15) is 0 Å². The third-order valence-corrected chi connectivity index (χ3v) is 42.3. The summed E-state index contributed by atoms with van der Waals surface area (Å²) in [6.45, 7) is 22.6. The third-order valence-electron chi connectivity index (χ3n) is 10.9. The van der Waals surface area contributed by atoms with E-state index in [1.165, 1.54) is 0 Å². The van der Waals surface area contributed by atoms with Crippen molar-refractivity contribution in [1.29, 1.82) is 0 Å². The Kier molecular flexibility index (Phi) is 16.7. The van der Waals surface area contributed by atoms with Crippen LogP contribution in [0.2, 0.25) is 65.5 Å². The summed E-state index contributed by atoms with van der Waals surface area (Å²) in [6, 6.07) is 59.7. The van der Waals surface area contributed by atoms with E-state index in [9.17, 15) is 10.2 Å². The van der Waals surface area contributed by atoms with E-state index in [0.717, 1.165) is 20.7 Å². The zero-order valence-corrected chi connectivity index (χ0v) is 48.3. The molecule has 0 unspecified atom stereocenters. The van der Waals surface area contributed by atoms with Gasteiger partial charge in [0, 0.05) is 0 Å². The molecule has 1 radical (unpaired) electrons. The maximum atomic E-state index is 12.9. The minimum absolute atomic E-state index is 0.0188. The summed E-state index contributed by atoms with van der Waals surface area (Å²) in [6.07, 6.45) is -0.0188. The molecule has 0 saturated carbocycles. The van der Waals surface area contributed by atoms with Crippen LogP contribution in [0.1, 0.15) is 13.3 Å². The lowest BCUT2D eigenvalue weighted by molar-refractivity contribution is -0.104. The molecule has 66 heavy (non-hydrogen) atoms. The number of rotatable bonds is 22. The van der Waals surface area contributed by atoms with E-state index in [2.05, 4.69) is 89.7 Å². The molecule has 9 nitrogen and oxygen atoms in total. The fourth-order valence-electron chi connectivity index (χ4n) is 9.01. The quantitative estimate of drug-likeness (QED) is 0.0547. The van der Waals surface area contributed by atoms with Crippen molar-refractivity contribution in [2.24, 2.45) is 0 Å². The molecule has 6 rings (SSSR count). The van der Waals surface area contributed by atoms with E-state index < -0.39 is 74.1 Å². The second-order valence-electron chi connectivity index (χ2n) is 18.5. The maximum absolute atomic E-state index is 12.9. The highest BCUT2D eigenvalue weighted by molar-refractivity contribution is 7.12. The molecular formula is C49H67O9Si8. The van der Waals surface area contributed by atoms with E-state index in [1.54, 1.807) is 6.92 Å². The van der Waals surface area contributed by atoms with Gasteiger partial charge in [-0.05, 0) is 103 Å². The number of hydrogen-bond donors (Lipinski definition) is 2. The molecule has 0 aliphatic carbocycles. The average Bonchev–Trinajstić information content (AvgIpc) is 3.27. The Balaban J connectivity index is 1.65. The van der Waals surface area contributed by atoms with Crippen LogP contribution in [0.4, 0.5) is 0 Å². The van der Waals surface area contributed by atoms with Crippen LogP contribution in [0, 0.1) is 0 Å². The fraction of sp³-hybridized carbons (Fsp3) is 0.265. The van der Waals surface area contributed by atoms with Crippen molar-refractivity contribution in [2.45, 2.75) is 84.2 Å². The molecule has 0 aromatic heterocycles. The zero-order chi connectivity index (χ0) is 47.9. The Morgan fingerprint density at radius 3 is 0.909 bits per heavy atom. The Morgan fingerprint density at radius 2 is 0.621 bits per heavy atom. The predicted molar refractivity (Wildman–Crippen MR) is 286 cm³/mol. The van der Waals surface area contributed by atoms with Crippen molar-refractivity contribution in [3.05, 3.63) is 182 Å². The lowest BCUT2D eigenvalue weighted by Crippen LogP contribution is -2.85. The van der Waals surface area contributed by atoms with E-state index in [4.69, 9.17) is 28.8 Å². The molecule has 6 aromatic carbocycles. The van der Waals surface area contributed by atoms with Gasteiger partial charge in [0.15, 0.2) is 14.5 Å². The first-order valence-electron chi connectivity index (χ1n) is 22.6. The average molecular weight is 1020 g/mol. The Morgan fingerprint density at radius 1 is 0.364 bits per heavy atom. The van der Waals surface area contributed by atoms with Crippen molar-refractivity contribution in [3.8, 4) is 0 Å². The molecule has 0 aliphatic rings. The van der Waals surface area contributed by atoms with E-state index in [1.807, 2.05) is 158 Å². The van der Waals surface area contributed by atoms with Crippen LogP contribution in [0.25, 0.3) is 0 Å². The van der Waals surface area contributed by atoms with Gasteiger partial charge in [0.1, 0.15) is 0 Å². The maximum Gasteiger partial charge on any atom is 0.389 e. The van der Waals surface area contributed by atoms with Gasteiger partial charge in [-0.25, -0.2) is 0 Å². The van der Waals surface area contributed by atoms with Crippen molar-refractivity contribution >= 4 is 99.8 Å². The zero-order valence-electron chi connectivity index (χ0n) is 40.3. The minimum atomic E-state index is -4.31. The predicted octanol–water partition coefficient (Wildman–Crippen LogP) is 7.06. The largest absolute Gasteiger partial charge is 0.437 e. The van der Waals surface area contributed by atoms with Gasteiger partial charge in [0.25, 0.3) is 0 Å². The first-order valence-corrected chi connectivity index (χ1v) is 41.8. The highest BCUT2D eigenvalue weighted by Crippen LogP contribution is 2.33. The van der Waals surface area contributed by atoms with E-state index >= 15 is 0 Å². The smallest absolute Gasteiger partial charge is 0.389 e. The number of aliphatic hydroxyl groups is 2. The SMILES string of the molecule is CCC(O)(O)[Si](O[Si](O[Si](O[Si](C)(C)O[Si](C)(C)O[Si](C)(C)O[Si](C)(C)O[Si](C)C)(c1ccccc1)c1ccccc1)(c1ccccc1)c1ccccc1)(c1ccccc1)c1ccccc1. The normalized spacial score (nSPS) is 13.5.